The lowest BCUT2D eigenvalue weighted by Crippen LogP contribution is -2.15. The highest BCUT2D eigenvalue weighted by molar-refractivity contribution is 6.17. The number of rotatable bonds is 28. The number of unbranched alkanes of at least 4 members (excludes halogenated alkanes) is 8. The Bertz CT molecular complexity index is 386. The molecule has 0 spiro atoms. The molecule has 0 saturated heterocycles. The zero-order chi connectivity index (χ0) is 24.1. The first kappa shape index (κ1) is 32.6. The molecular formula is C25H49ClO7. The molecule has 0 aliphatic carbocycles. The Labute approximate surface area is 207 Å². The van der Waals surface area contributed by atoms with Crippen LogP contribution in [0.3, 0.4) is 0 Å². The van der Waals surface area contributed by atoms with Crippen LogP contribution in [0.15, 0.2) is 0 Å². The number of hydrogen-bond donors (Lipinski definition) is 0. The zero-order valence-corrected chi connectivity index (χ0v) is 21.8. The molecule has 0 atom stereocenters. The van der Waals surface area contributed by atoms with Crippen molar-refractivity contribution in [1.82, 2.24) is 0 Å². The van der Waals surface area contributed by atoms with Crippen LogP contribution in [0.1, 0.15) is 77.6 Å². The standard InChI is InChI=1S/C25H49ClO7/c1-2-3-4-5-6-9-12-25(27)33-24-23-32-22-21-31-20-19-30-18-17-29-16-15-28-14-11-8-7-10-13-26/h2-24H2,1H3. The number of alkyl halides is 1. The molecular weight excluding hydrogens is 448 g/mol. The van der Waals surface area contributed by atoms with Crippen molar-refractivity contribution in [2.75, 3.05) is 78.6 Å². The van der Waals surface area contributed by atoms with Gasteiger partial charge in [0.1, 0.15) is 6.61 Å². The van der Waals surface area contributed by atoms with E-state index in [-0.39, 0.29) is 5.97 Å². The molecule has 0 unspecified atom stereocenters. The third kappa shape index (κ3) is 29.5. The Morgan fingerprint density at radius 3 is 1.48 bits per heavy atom. The summed E-state index contributed by atoms with van der Waals surface area (Å²) in [7, 11) is 0. The maximum absolute atomic E-state index is 11.6. The van der Waals surface area contributed by atoms with Crippen molar-refractivity contribution in [3.05, 3.63) is 0 Å². The second kappa shape index (κ2) is 29.6. The first-order valence-electron chi connectivity index (χ1n) is 12.9. The molecule has 0 fully saturated rings. The van der Waals surface area contributed by atoms with Crippen LogP contribution < -0.4 is 0 Å². The maximum atomic E-state index is 11.6. The summed E-state index contributed by atoms with van der Waals surface area (Å²) < 4.78 is 32.4. The van der Waals surface area contributed by atoms with Crippen molar-refractivity contribution >= 4 is 17.6 Å². The molecule has 0 aromatic rings. The topological polar surface area (TPSA) is 72.5 Å². The first-order chi connectivity index (χ1) is 16.3. The summed E-state index contributed by atoms with van der Waals surface area (Å²) in [5, 5.41) is 0. The fraction of sp³-hybridized carbons (Fsp3) is 0.960. The smallest absolute Gasteiger partial charge is 0.305 e. The molecule has 0 N–H and O–H groups in total. The molecule has 0 aliphatic rings. The quantitative estimate of drug-likeness (QED) is 0.0840. The van der Waals surface area contributed by atoms with Crippen LogP contribution in [-0.2, 0) is 33.2 Å². The minimum atomic E-state index is -0.132. The molecule has 0 aliphatic heterocycles. The third-order valence-corrected chi connectivity index (χ3v) is 5.15. The summed E-state index contributed by atoms with van der Waals surface area (Å²) >= 11 is 5.64. The summed E-state index contributed by atoms with van der Waals surface area (Å²) in [6.07, 6.45) is 12.0. The van der Waals surface area contributed by atoms with Gasteiger partial charge in [0, 0.05) is 18.9 Å². The fourth-order valence-electron chi connectivity index (χ4n) is 2.97. The Morgan fingerprint density at radius 2 is 0.939 bits per heavy atom. The largest absolute Gasteiger partial charge is 0.463 e. The summed E-state index contributed by atoms with van der Waals surface area (Å²) in [4.78, 5) is 11.6. The normalized spacial score (nSPS) is 11.2. The average Bonchev–Trinajstić information content (AvgIpc) is 2.82. The van der Waals surface area contributed by atoms with E-state index in [1.807, 2.05) is 0 Å². The summed E-state index contributed by atoms with van der Waals surface area (Å²) in [6, 6.07) is 0. The second-order valence-electron chi connectivity index (χ2n) is 7.90. The number of esters is 1. The maximum Gasteiger partial charge on any atom is 0.305 e. The van der Waals surface area contributed by atoms with Gasteiger partial charge in [-0.25, -0.2) is 0 Å². The van der Waals surface area contributed by atoms with Crippen molar-refractivity contribution < 1.29 is 33.2 Å². The van der Waals surface area contributed by atoms with E-state index in [9.17, 15) is 4.79 Å². The van der Waals surface area contributed by atoms with Crippen LogP contribution in [0.25, 0.3) is 0 Å². The summed E-state index contributed by atoms with van der Waals surface area (Å²) in [5.74, 6) is 0.615. The van der Waals surface area contributed by atoms with Crippen molar-refractivity contribution in [1.29, 1.82) is 0 Å². The predicted molar refractivity (Wildman–Crippen MR) is 132 cm³/mol. The molecule has 0 aromatic carbocycles. The molecule has 7 nitrogen and oxygen atoms in total. The van der Waals surface area contributed by atoms with E-state index in [0.717, 1.165) is 38.2 Å². The molecule has 0 rings (SSSR count). The van der Waals surface area contributed by atoms with E-state index in [2.05, 4.69) is 6.92 Å². The minimum absolute atomic E-state index is 0.132. The fourth-order valence-corrected chi connectivity index (χ4v) is 3.16. The summed E-state index contributed by atoms with van der Waals surface area (Å²) in [5.41, 5.74) is 0. The lowest BCUT2D eigenvalue weighted by Gasteiger charge is -2.08. The molecule has 198 valence electrons. The monoisotopic (exact) mass is 496 g/mol. The highest BCUT2D eigenvalue weighted by atomic mass is 35.5. The Kier molecular flexibility index (Phi) is 29.2. The number of carbonyl (C=O) groups is 1. The van der Waals surface area contributed by atoms with E-state index in [1.54, 1.807) is 0 Å². The van der Waals surface area contributed by atoms with Gasteiger partial charge in [0.05, 0.1) is 59.5 Å². The van der Waals surface area contributed by atoms with Crippen LogP contribution in [-0.4, -0.2) is 84.5 Å². The lowest BCUT2D eigenvalue weighted by atomic mass is 10.1. The number of halogens is 1. The van der Waals surface area contributed by atoms with Crippen molar-refractivity contribution in [2.24, 2.45) is 0 Å². The van der Waals surface area contributed by atoms with Gasteiger partial charge in [0.15, 0.2) is 0 Å². The van der Waals surface area contributed by atoms with Crippen LogP contribution in [0.4, 0.5) is 0 Å². The molecule has 8 heteroatoms. The van der Waals surface area contributed by atoms with Gasteiger partial charge in [-0.1, -0.05) is 51.9 Å². The molecule has 0 aromatic heterocycles. The average molecular weight is 497 g/mol. The van der Waals surface area contributed by atoms with Gasteiger partial charge in [-0.15, -0.1) is 11.6 Å². The van der Waals surface area contributed by atoms with E-state index in [4.69, 9.17) is 40.0 Å². The SMILES string of the molecule is CCCCCCCCC(=O)OCCOCCOCCOCCOCCOCCCCCCCl. The number of ether oxygens (including phenoxy) is 6. The molecule has 0 bridgehead atoms. The predicted octanol–water partition coefficient (Wildman–Crippen LogP) is 5.16. The van der Waals surface area contributed by atoms with Crippen molar-refractivity contribution in [3.8, 4) is 0 Å². The third-order valence-electron chi connectivity index (χ3n) is 4.89. The lowest BCUT2D eigenvalue weighted by molar-refractivity contribution is -0.145. The van der Waals surface area contributed by atoms with E-state index < -0.39 is 0 Å². The minimum Gasteiger partial charge on any atom is -0.463 e. The molecule has 0 saturated carbocycles. The summed E-state index contributed by atoms with van der Waals surface area (Å²) in [6.45, 7) is 8.02. The van der Waals surface area contributed by atoms with Crippen LogP contribution in [0.5, 0.6) is 0 Å². The van der Waals surface area contributed by atoms with Crippen LogP contribution in [0.2, 0.25) is 0 Å². The van der Waals surface area contributed by atoms with Gasteiger partial charge in [-0.3, -0.25) is 4.79 Å². The molecule has 0 radical (unpaired) electrons. The van der Waals surface area contributed by atoms with Gasteiger partial charge in [-0.2, -0.15) is 0 Å². The highest BCUT2D eigenvalue weighted by Gasteiger charge is 2.02. The van der Waals surface area contributed by atoms with E-state index in [0.29, 0.717) is 72.5 Å². The second-order valence-corrected chi connectivity index (χ2v) is 8.28. The molecule has 33 heavy (non-hydrogen) atoms. The first-order valence-corrected chi connectivity index (χ1v) is 13.4. The Hall–Kier alpha value is -0.440. The van der Waals surface area contributed by atoms with Crippen LogP contribution >= 0.6 is 11.6 Å². The molecule has 0 heterocycles. The van der Waals surface area contributed by atoms with Crippen LogP contribution in [0, 0.1) is 0 Å². The van der Waals surface area contributed by atoms with E-state index in [1.165, 1.54) is 38.5 Å². The van der Waals surface area contributed by atoms with E-state index >= 15 is 0 Å². The zero-order valence-electron chi connectivity index (χ0n) is 21.0. The Morgan fingerprint density at radius 1 is 0.515 bits per heavy atom. The van der Waals surface area contributed by atoms with Gasteiger partial charge >= 0.3 is 5.97 Å². The van der Waals surface area contributed by atoms with Gasteiger partial charge in [0.2, 0.25) is 0 Å². The Balaban J connectivity index is 3.09. The molecule has 0 amide bonds. The van der Waals surface area contributed by atoms with Gasteiger partial charge in [-0.05, 0) is 19.3 Å². The van der Waals surface area contributed by atoms with Gasteiger partial charge in [0.25, 0.3) is 0 Å². The highest BCUT2D eigenvalue weighted by Crippen LogP contribution is 2.07. The van der Waals surface area contributed by atoms with Crippen molar-refractivity contribution in [3.63, 3.8) is 0 Å². The number of carbonyl (C=O) groups excluding carboxylic acids is 1. The van der Waals surface area contributed by atoms with Gasteiger partial charge < -0.3 is 28.4 Å². The van der Waals surface area contributed by atoms with Crippen molar-refractivity contribution in [2.45, 2.75) is 77.6 Å². The number of hydrogen-bond acceptors (Lipinski definition) is 7.